The van der Waals surface area contributed by atoms with Crippen LogP contribution in [0.15, 0.2) is 84.9 Å². The Kier molecular flexibility index (Phi) is 4.62. The summed E-state index contributed by atoms with van der Waals surface area (Å²) in [6.45, 7) is 4.13. The number of benzene rings is 4. The fraction of sp³-hybridized carbons (Fsp3) is 0.0769. The van der Waals surface area contributed by atoms with Gasteiger partial charge in [-0.1, -0.05) is 60.7 Å². The molecule has 0 spiro atoms. The van der Waals surface area contributed by atoms with Crippen LogP contribution in [0.4, 0.5) is 11.4 Å². The molecule has 0 aliphatic carbocycles. The van der Waals surface area contributed by atoms with Crippen LogP contribution in [-0.4, -0.2) is 0 Å². The molecule has 0 amide bonds. The molecule has 0 aliphatic heterocycles. The summed E-state index contributed by atoms with van der Waals surface area (Å²) in [7, 11) is 0. The minimum atomic E-state index is 0.824. The maximum atomic E-state index is 6.42. The standard InChI is InChI=1S/C26H24N2/c1-17-13-21(15-23(25(17)27)19-9-5-3-6-10-19)22-14-18(2)26(28)24(16-22)20-11-7-4-8-12-20/h3-16H,27-28H2,1-2H3. The minimum absolute atomic E-state index is 0.824. The van der Waals surface area contributed by atoms with Gasteiger partial charge in [0.2, 0.25) is 0 Å². The summed E-state index contributed by atoms with van der Waals surface area (Å²) in [5.41, 5.74) is 23.3. The highest BCUT2D eigenvalue weighted by Crippen LogP contribution is 2.37. The Bertz CT molecular complexity index is 1040. The van der Waals surface area contributed by atoms with Gasteiger partial charge in [-0.05, 0) is 71.5 Å². The van der Waals surface area contributed by atoms with Crippen LogP contribution in [-0.2, 0) is 0 Å². The molecule has 138 valence electrons. The van der Waals surface area contributed by atoms with Gasteiger partial charge in [-0.3, -0.25) is 0 Å². The lowest BCUT2D eigenvalue weighted by atomic mass is 9.91. The summed E-state index contributed by atoms with van der Waals surface area (Å²) >= 11 is 0. The zero-order valence-corrected chi connectivity index (χ0v) is 16.2. The van der Waals surface area contributed by atoms with Crippen molar-refractivity contribution in [1.29, 1.82) is 0 Å². The van der Waals surface area contributed by atoms with E-state index in [2.05, 4.69) is 62.4 Å². The van der Waals surface area contributed by atoms with Crippen molar-refractivity contribution in [1.82, 2.24) is 0 Å². The van der Waals surface area contributed by atoms with Crippen molar-refractivity contribution in [3.8, 4) is 33.4 Å². The molecule has 0 saturated heterocycles. The van der Waals surface area contributed by atoms with Crippen molar-refractivity contribution in [3.05, 3.63) is 96.1 Å². The second-order valence-corrected chi connectivity index (χ2v) is 7.24. The van der Waals surface area contributed by atoms with Crippen LogP contribution in [0, 0.1) is 13.8 Å². The van der Waals surface area contributed by atoms with Crippen LogP contribution in [0.2, 0.25) is 0 Å². The van der Waals surface area contributed by atoms with E-state index in [-0.39, 0.29) is 0 Å². The summed E-state index contributed by atoms with van der Waals surface area (Å²) in [6.07, 6.45) is 0. The van der Waals surface area contributed by atoms with E-state index >= 15 is 0 Å². The molecular weight excluding hydrogens is 340 g/mol. The van der Waals surface area contributed by atoms with Crippen molar-refractivity contribution >= 4 is 11.4 Å². The molecule has 2 nitrogen and oxygen atoms in total. The molecule has 4 N–H and O–H groups in total. The molecule has 4 rings (SSSR count). The van der Waals surface area contributed by atoms with Crippen molar-refractivity contribution in [3.63, 3.8) is 0 Å². The number of nitrogen functional groups attached to an aromatic ring is 2. The van der Waals surface area contributed by atoms with Crippen LogP contribution < -0.4 is 11.5 Å². The predicted molar refractivity (Wildman–Crippen MR) is 121 cm³/mol. The summed E-state index contributed by atoms with van der Waals surface area (Å²) in [6, 6.07) is 29.2. The predicted octanol–water partition coefficient (Wildman–Crippen LogP) is 6.47. The molecule has 0 aromatic heterocycles. The van der Waals surface area contributed by atoms with E-state index in [0.29, 0.717) is 0 Å². The molecule has 2 heteroatoms. The van der Waals surface area contributed by atoms with Crippen LogP contribution in [0.25, 0.3) is 33.4 Å². The fourth-order valence-corrected chi connectivity index (χ4v) is 3.64. The third-order valence-corrected chi connectivity index (χ3v) is 5.28. The number of nitrogens with two attached hydrogens (primary N) is 2. The molecule has 0 fully saturated rings. The van der Waals surface area contributed by atoms with E-state index in [0.717, 1.165) is 55.9 Å². The third-order valence-electron chi connectivity index (χ3n) is 5.28. The molecule has 0 atom stereocenters. The highest BCUT2D eigenvalue weighted by Gasteiger charge is 2.12. The van der Waals surface area contributed by atoms with E-state index in [4.69, 9.17) is 11.5 Å². The lowest BCUT2D eigenvalue weighted by molar-refractivity contribution is 1.43. The number of hydrogen-bond acceptors (Lipinski definition) is 2. The van der Waals surface area contributed by atoms with Gasteiger partial charge in [0.1, 0.15) is 0 Å². The number of anilines is 2. The Hall–Kier alpha value is -3.52. The maximum Gasteiger partial charge on any atom is 0.0423 e. The first kappa shape index (κ1) is 17.9. The zero-order chi connectivity index (χ0) is 19.7. The van der Waals surface area contributed by atoms with E-state index in [1.54, 1.807) is 0 Å². The van der Waals surface area contributed by atoms with Crippen molar-refractivity contribution in [2.75, 3.05) is 11.5 Å². The lowest BCUT2D eigenvalue weighted by Crippen LogP contribution is -1.97. The summed E-state index contributed by atoms with van der Waals surface area (Å²) in [5.74, 6) is 0. The van der Waals surface area contributed by atoms with E-state index < -0.39 is 0 Å². The topological polar surface area (TPSA) is 52.0 Å². The van der Waals surface area contributed by atoms with Crippen LogP contribution in [0.1, 0.15) is 11.1 Å². The number of aryl methyl sites for hydroxylation is 2. The van der Waals surface area contributed by atoms with Gasteiger partial charge in [-0.25, -0.2) is 0 Å². The molecule has 0 saturated carbocycles. The van der Waals surface area contributed by atoms with Gasteiger partial charge in [0.25, 0.3) is 0 Å². The van der Waals surface area contributed by atoms with E-state index in [9.17, 15) is 0 Å². The largest absolute Gasteiger partial charge is 0.398 e. The molecular formula is C26H24N2. The Morgan fingerprint density at radius 3 is 1.18 bits per heavy atom. The second kappa shape index (κ2) is 7.24. The van der Waals surface area contributed by atoms with Crippen molar-refractivity contribution in [2.24, 2.45) is 0 Å². The highest BCUT2D eigenvalue weighted by atomic mass is 14.6. The monoisotopic (exact) mass is 364 g/mol. The highest BCUT2D eigenvalue weighted by molar-refractivity contribution is 5.88. The molecule has 28 heavy (non-hydrogen) atoms. The number of rotatable bonds is 3. The molecule has 4 aromatic rings. The van der Waals surface area contributed by atoms with Crippen molar-refractivity contribution in [2.45, 2.75) is 13.8 Å². The molecule has 0 heterocycles. The summed E-state index contributed by atoms with van der Waals surface area (Å²) in [4.78, 5) is 0. The SMILES string of the molecule is Cc1cc(-c2cc(C)c(N)c(-c3ccccc3)c2)cc(-c2ccccc2)c1N. The first-order valence-corrected chi connectivity index (χ1v) is 9.46. The maximum absolute atomic E-state index is 6.42. The summed E-state index contributed by atoms with van der Waals surface area (Å²) in [5, 5.41) is 0. The molecule has 4 aromatic carbocycles. The van der Waals surface area contributed by atoms with Crippen molar-refractivity contribution < 1.29 is 0 Å². The van der Waals surface area contributed by atoms with Gasteiger partial charge in [0.15, 0.2) is 0 Å². The first-order chi connectivity index (χ1) is 13.5. The third kappa shape index (κ3) is 3.25. The van der Waals surface area contributed by atoms with E-state index in [1.165, 1.54) is 0 Å². The average molecular weight is 364 g/mol. The number of hydrogen-bond donors (Lipinski definition) is 2. The van der Waals surface area contributed by atoms with Crippen LogP contribution in [0.3, 0.4) is 0 Å². The van der Waals surface area contributed by atoms with Crippen LogP contribution in [0.5, 0.6) is 0 Å². The normalized spacial score (nSPS) is 10.8. The molecule has 0 bridgehead atoms. The van der Waals surface area contributed by atoms with Gasteiger partial charge in [-0.15, -0.1) is 0 Å². The average Bonchev–Trinajstić information content (AvgIpc) is 2.73. The first-order valence-electron chi connectivity index (χ1n) is 9.46. The van der Waals surface area contributed by atoms with Gasteiger partial charge >= 0.3 is 0 Å². The molecule has 0 radical (unpaired) electrons. The Balaban J connectivity index is 1.91. The Morgan fingerprint density at radius 1 is 0.464 bits per heavy atom. The lowest BCUT2D eigenvalue weighted by Gasteiger charge is -2.16. The quantitative estimate of drug-likeness (QED) is 0.409. The van der Waals surface area contributed by atoms with Gasteiger partial charge in [0.05, 0.1) is 0 Å². The summed E-state index contributed by atoms with van der Waals surface area (Å²) < 4.78 is 0. The molecule has 0 unspecified atom stereocenters. The second-order valence-electron chi connectivity index (χ2n) is 7.24. The van der Waals surface area contributed by atoms with Gasteiger partial charge in [-0.2, -0.15) is 0 Å². The Morgan fingerprint density at radius 2 is 0.821 bits per heavy atom. The molecule has 0 aliphatic rings. The van der Waals surface area contributed by atoms with Gasteiger partial charge in [0, 0.05) is 22.5 Å². The fourth-order valence-electron chi connectivity index (χ4n) is 3.64. The Labute approximate surface area is 166 Å². The van der Waals surface area contributed by atoms with Gasteiger partial charge < -0.3 is 11.5 Å². The smallest absolute Gasteiger partial charge is 0.0423 e. The minimum Gasteiger partial charge on any atom is -0.398 e. The van der Waals surface area contributed by atoms with E-state index in [1.807, 2.05) is 36.4 Å². The van der Waals surface area contributed by atoms with Crippen LogP contribution >= 0.6 is 0 Å². The zero-order valence-electron chi connectivity index (χ0n) is 16.2.